The van der Waals surface area contributed by atoms with E-state index in [0.29, 0.717) is 0 Å². The van der Waals surface area contributed by atoms with E-state index in [0.717, 1.165) is 65.2 Å². The Bertz CT molecular complexity index is 1940. The lowest BCUT2D eigenvalue weighted by Gasteiger charge is -2.15. The summed E-state index contributed by atoms with van der Waals surface area (Å²) in [6.45, 7) is 7.56. The molecular weight excluding hydrogens is 629 g/mol. The van der Waals surface area contributed by atoms with Gasteiger partial charge in [0.05, 0.1) is 0 Å². The number of anilines is 2. The summed E-state index contributed by atoms with van der Waals surface area (Å²) in [5.74, 6) is 0. The van der Waals surface area contributed by atoms with Crippen LogP contribution in [0.15, 0.2) is 84.9 Å². The van der Waals surface area contributed by atoms with Crippen LogP contribution in [0.5, 0.6) is 0 Å². The molecule has 0 aliphatic rings. The van der Waals surface area contributed by atoms with Gasteiger partial charge in [0.1, 0.15) is 0 Å². The Hall–Kier alpha value is -4.34. The van der Waals surface area contributed by atoms with Crippen molar-refractivity contribution in [1.82, 2.24) is 21.3 Å². The molecule has 6 aromatic rings. The van der Waals surface area contributed by atoms with E-state index in [4.69, 9.17) is 0 Å². The molecule has 51 heavy (non-hydrogen) atoms. The van der Waals surface area contributed by atoms with E-state index in [-0.39, 0.29) is 7.43 Å². The molecule has 4 N–H and O–H groups in total. The fourth-order valence-corrected chi connectivity index (χ4v) is 7.08. The molecule has 0 unspecified atom stereocenters. The molecule has 0 radical (unpaired) electrons. The Kier molecular flexibility index (Phi) is 13.2. The molecular formula is C43H60N8+2. The van der Waals surface area contributed by atoms with Crippen molar-refractivity contribution in [2.24, 2.45) is 0 Å². The molecule has 2 heterocycles. The van der Waals surface area contributed by atoms with Crippen molar-refractivity contribution in [3.05, 3.63) is 96.1 Å². The molecule has 6 rings (SSSR count). The van der Waals surface area contributed by atoms with Gasteiger partial charge in [-0.3, -0.25) is 0 Å². The number of aromatic nitrogens is 2. The highest BCUT2D eigenvalue weighted by Gasteiger charge is 2.19. The van der Waals surface area contributed by atoms with Crippen molar-refractivity contribution in [3.63, 3.8) is 0 Å². The highest BCUT2D eigenvalue weighted by atomic mass is 15.1. The van der Waals surface area contributed by atoms with Crippen LogP contribution in [0.2, 0.25) is 0 Å². The van der Waals surface area contributed by atoms with E-state index >= 15 is 0 Å². The Balaban J connectivity index is 0.00000504. The normalized spacial score (nSPS) is 11.5. The molecule has 0 atom stereocenters. The molecule has 270 valence electrons. The summed E-state index contributed by atoms with van der Waals surface area (Å²) in [5.41, 5.74) is 10.3. The fraction of sp³-hybridized carbons (Fsp3) is 0.395. The quantitative estimate of drug-likeness (QED) is 0.0558. The standard InChI is InChI=1S/C42H56N8.CH4/c1-43-29-31-9-11-33-25-34-12-10-32(30-44-2)24-40(34)49(39(33)23-31)21-7-17-45-19-20-46-18-8-22-50-41-27-37(47(3)4)15-13-35(41)26-36-14-16-38(48(5)6)28-42(36)50;/h9-16,23-28,43-46H,7-8,17-22,29-30H2,1-6H3;1H4/q+2;. The summed E-state index contributed by atoms with van der Waals surface area (Å²) in [6.07, 6.45) is 2.13. The molecule has 0 saturated heterocycles. The lowest BCUT2D eigenvalue weighted by Crippen LogP contribution is -2.39. The summed E-state index contributed by atoms with van der Waals surface area (Å²) in [6, 6.07) is 32.0. The van der Waals surface area contributed by atoms with Crippen LogP contribution in [0.25, 0.3) is 43.6 Å². The molecule has 0 aliphatic carbocycles. The van der Waals surface area contributed by atoms with Crippen molar-refractivity contribution < 1.29 is 9.13 Å². The summed E-state index contributed by atoms with van der Waals surface area (Å²) in [5, 5.41) is 19.2. The van der Waals surface area contributed by atoms with Gasteiger partial charge < -0.3 is 31.1 Å². The Labute approximate surface area is 305 Å². The van der Waals surface area contributed by atoms with Crippen molar-refractivity contribution in [1.29, 1.82) is 0 Å². The Morgan fingerprint density at radius 3 is 1.22 bits per heavy atom. The zero-order chi connectivity index (χ0) is 35.0. The summed E-state index contributed by atoms with van der Waals surface area (Å²) in [7, 11) is 12.5. The smallest absolute Gasteiger partial charge is 0.215 e. The van der Waals surface area contributed by atoms with Gasteiger partial charge in [-0.15, -0.1) is 0 Å². The molecule has 0 spiro atoms. The van der Waals surface area contributed by atoms with E-state index in [1.54, 1.807) is 0 Å². The molecule has 0 bridgehead atoms. The lowest BCUT2D eigenvalue weighted by molar-refractivity contribution is -0.645. The fourth-order valence-electron chi connectivity index (χ4n) is 7.08. The second-order valence-corrected chi connectivity index (χ2v) is 13.9. The van der Waals surface area contributed by atoms with Crippen LogP contribution in [-0.4, -0.2) is 68.5 Å². The zero-order valence-corrected chi connectivity index (χ0v) is 30.9. The van der Waals surface area contributed by atoms with Gasteiger partial charge in [0.2, 0.25) is 22.1 Å². The lowest BCUT2D eigenvalue weighted by atomic mass is 10.1. The minimum absolute atomic E-state index is 0. The van der Waals surface area contributed by atoms with Crippen LogP contribution in [0, 0.1) is 0 Å². The molecule has 0 saturated carbocycles. The van der Waals surface area contributed by atoms with Gasteiger partial charge in [0.25, 0.3) is 0 Å². The Morgan fingerprint density at radius 1 is 0.471 bits per heavy atom. The third-order valence-electron chi connectivity index (χ3n) is 9.75. The number of pyridine rings is 2. The topological polar surface area (TPSA) is 62.4 Å². The molecule has 4 aromatic carbocycles. The van der Waals surface area contributed by atoms with Crippen LogP contribution < -0.4 is 40.2 Å². The van der Waals surface area contributed by atoms with Gasteiger partial charge >= 0.3 is 0 Å². The van der Waals surface area contributed by atoms with Gasteiger partial charge in [-0.1, -0.05) is 19.6 Å². The van der Waals surface area contributed by atoms with Gasteiger partial charge in [-0.25, -0.2) is 0 Å². The summed E-state index contributed by atoms with van der Waals surface area (Å²) < 4.78 is 5.04. The molecule has 8 nitrogen and oxygen atoms in total. The predicted octanol–water partition coefficient (Wildman–Crippen LogP) is 5.74. The first kappa shape index (κ1) is 37.9. The van der Waals surface area contributed by atoms with Crippen LogP contribution >= 0.6 is 0 Å². The number of hydrogen-bond acceptors (Lipinski definition) is 6. The first-order chi connectivity index (χ1) is 24.4. The first-order valence-corrected chi connectivity index (χ1v) is 18.2. The number of nitrogens with zero attached hydrogens (tertiary/aromatic N) is 4. The van der Waals surface area contributed by atoms with Crippen molar-refractivity contribution in [2.75, 3.05) is 78.3 Å². The summed E-state index contributed by atoms with van der Waals surface area (Å²) >= 11 is 0. The van der Waals surface area contributed by atoms with Crippen LogP contribution in [0.1, 0.15) is 31.4 Å². The number of fused-ring (bicyclic) bond motifs is 4. The van der Waals surface area contributed by atoms with E-state index in [2.05, 4.69) is 153 Å². The monoisotopic (exact) mass is 688 g/mol. The summed E-state index contributed by atoms with van der Waals surface area (Å²) in [4.78, 5) is 4.37. The minimum atomic E-state index is 0. The SMILES string of the molecule is C.CNCc1ccc2cc3ccc(CNC)cc3[n+](CCCNCCNCCC[n+]3c4cc(N(C)C)ccc4cc4ccc(N(C)C)cc43)c2c1. The number of nitrogens with one attached hydrogen (secondary N) is 4. The molecule has 0 aliphatic heterocycles. The van der Waals surface area contributed by atoms with Gasteiger partial charge in [0.15, 0.2) is 13.1 Å². The highest BCUT2D eigenvalue weighted by Crippen LogP contribution is 2.26. The van der Waals surface area contributed by atoms with Gasteiger partial charge in [0, 0.05) is 137 Å². The number of benzene rings is 4. The van der Waals surface area contributed by atoms with E-state index < -0.39 is 0 Å². The number of aryl methyl sites for hydroxylation is 2. The van der Waals surface area contributed by atoms with Crippen LogP contribution in [0.3, 0.4) is 0 Å². The van der Waals surface area contributed by atoms with E-state index in [1.165, 1.54) is 66.1 Å². The molecule has 8 heteroatoms. The average molecular weight is 689 g/mol. The molecule has 2 aromatic heterocycles. The Morgan fingerprint density at radius 2 is 0.843 bits per heavy atom. The van der Waals surface area contributed by atoms with Crippen molar-refractivity contribution in [2.45, 2.75) is 46.4 Å². The maximum absolute atomic E-state index is 3.70. The largest absolute Gasteiger partial charge is 0.377 e. The van der Waals surface area contributed by atoms with Crippen molar-refractivity contribution in [3.8, 4) is 0 Å². The van der Waals surface area contributed by atoms with Crippen LogP contribution in [0.4, 0.5) is 11.4 Å². The second-order valence-electron chi connectivity index (χ2n) is 13.9. The maximum atomic E-state index is 3.70. The number of hydrogen-bond donors (Lipinski definition) is 4. The maximum Gasteiger partial charge on any atom is 0.215 e. The first-order valence-electron chi connectivity index (χ1n) is 18.2. The molecule has 0 amide bonds. The van der Waals surface area contributed by atoms with E-state index in [9.17, 15) is 0 Å². The van der Waals surface area contributed by atoms with Gasteiger partial charge in [-0.2, -0.15) is 9.13 Å². The zero-order valence-electron chi connectivity index (χ0n) is 30.9. The number of rotatable bonds is 17. The van der Waals surface area contributed by atoms with Crippen molar-refractivity contribution >= 4 is 55.0 Å². The second kappa shape index (κ2) is 17.7. The third kappa shape index (κ3) is 8.94. The highest BCUT2D eigenvalue weighted by molar-refractivity contribution is 5.92. The van der Waals surface area contributed by atoms with Crippen LogP contribution in [-0.2, 0) is 26.2 Å². The predicted molar refractivity (Wildman–Crippen MR) is 219 cm³/mol. The minimum Gasteiger partial charge on any atom is -0.377 e. The van der Waals surface area contributed by atoms with E-state index in [1.807, 2.05) is 14.1 Å². The third-order valence-corrected chi connectivity index (χ3v) is 9.75. The molecule has 0 fully saturated rings. The van der Waals surface area contributed by atoms with Gasteiger partial charge in [-0.05, 0) is 73.8 Å². The average Bonchev–Trinajstić information content (AvgIpc) is 3.11.